The van der Waals surface area contributed by atoms with Gasteiger partial charge in [0.2, 0.25) is 0 Å². The van der Waals surface area contributed by atoms with Crippen molar-refractivity contribution in [1.29, 1.82) is 0 Å². The molecule has 2 aromatic heterocycles. The first-order chi connectivity index (χ1) is 13.0. The van der Waals surface area contributed by atoms with Gasteiger partial charge in [-0.1, -0.05) is 29.8 Å². The van der Waals surface area contributed by atoms with Crippen LogP contribution in [0.25, 0.3) is 16.9 Å². The molecule has 1 N–H and O–H groups in total. The molecule has 0 bridgehead atoms. The van der Waals surface area contributed by atoms with E-state index in [0.717, 1.165) is 34.1 Å². The summed E-state index contributed by atoms with van der Waals surface area (Å²) in [5.41, 5.74) is 7.48. The number of anilines is 3. The molecule has 0 amide bonds. The highest BCUT2D eigenvalue weighted by atomic mass is 15.1. The number of benzene rings is 2. The molecule has 4 rings (SSSR count). The third-order valence-corrected chi connectivity index (χ3v) is 4.72. The molecular weight excluding hydrogens is 334 g/mol. The van der Waals surface area contributed by atoms with Crippen molar-refractivity contribution >= 4 is 22.8 Å². The number of nitrogens with one attached hydrogen (secondary N) is 1. The van der Waals surface area contributed by atoms with Gasteiger partial charge in [0.1, 0.15) is 11.5 Å². The van der Waals surface area contributed by atoms with Gasteiger partial charge in [-0.2, -0.15) is 0 Å². The summed E-state index contributed by atoms with van der Waals surface area (Å²) >= 11 is 0. The zero-order valence-corrected chi connectivity index (χ0v) is 16.1. The summed E-state index contributed by atoms with van der Waals surface area (Å²) in [4.78, 5) is 11.1. The number of rotatable bonds is 4. The van der Waals surface area contributed by atoms with Crippen LogP contribution in [0, 0.1) is 13.8 Å². The minimum Gasteiger partial charge on any atom is -0.378 e. The van der Waals surface area contributed by atoms with E-state index in [1.165, 1.54) is 11.1 Å². The first-order valence-corrected chi connectivity index (χ1v) is 8.97. The second-order valence-corrected chi connectivity index (χ2v) is 7.00. The highest BCUT2D eigenvalue weighted by Gasteiger charge is 2.15. The van der Waals surface area contributed by atoms with Crippen LogP contribution in [0.4, 0.5) is 17.2 Å². The standard InChI is InChI=1S/C22H23N5/c1-15-5-10-19(16(2)13-15)24-22-21(25-20-14-23-11-12-27(20)22)17-6-8-18(9-7-17)26(3)4/h5-14,24H,1-4H3. The van der Waals surface area contributed by atoms with Crippen LogP contribution in [0.1, 0.15) is 11.1 Å². The predicted octanol–water partition coefficient (Wildman–Crippen LogP) is 4.82. The van der Waals surface area contributed by atoms with Crippen molar-refractivity contribution in [2.45, 2.75) is 13.8 Å². The lowest BCUT2D eigenvalue weighted by Gasteiger charge is -2.14. The number of imidazole rings is 1. The van der Waals surface area contributed by atoms with Crippen molar-refractivity contribution in [2.75, 3.05) is 24.3 Å². The molecule has 136 valence electrons. The van der Waals surface area contributed by atoms with E-state index in [2.05, 4.69) is 71.5 Å². The Morgan fingerprint density at radius 1 is 1.00 bits per heavy atom. The first-order valence-electron chi connectivity index (χ1n) is 8.97. The fourth-order valence-corrected chi connectivity index (χ4v) is 3.23. The fourth-order valence-electron chi connectivity index (χ4n) is 3.23. The van der Waals surface area contributed by atoms with Crippen LogP contribution in [-0.4, -0.2) is 28.5 Å². The topological polar surface area (TPSA) is 45.5 Å². The Hall–Kier alpha value is -3.34. The third kappa shape index (κ3) is 3.24. The fraction of sp³-hybridized carbons (Fsp3) is 0.182. The molecule has 27 heavy (non-hydrogen) atoms. The number of aryl methyl sites for hydroxylation is 2. The lowest BCUT2D eigenvalue weighted by Crippen LogP contribution is -2.08. The van der Waals surface area contributed by atoms with E-state index in [1.807, 2.05) is 24.7 Å². The van der Waals surface area contributed by atoms with Crippen molar-refractivity contribution in [3.05, 3.63) is 72.2 Å². The minimum absolute atomic E-state index is 0.816. The average Bonchev–Trinajstić information content (AvgIpc) is 3.02. The van der Waals surface area contributed by atoms with Crippen LogP contribution < -0.4 is 10.2 Å². The van der Waals surface area contributed by atoms with Gasteiger partial charge in [-0.3, -0.25) is 9.38 Å². The van der Waals surface area contributed by atoms with Crippen molar-refractivity contribution in [3.8, 4) is 11.3 Å². The van der Waals surface area contributed by atoms with Crippen LogP contribution in [0.15, 0.2) is 61.1 Å². The summed E-state index contributed by atoms with van der Waals surface area (Å²) in [5.74, 6) is 0.942. The van der Waals surface area contributed by atoms with Crippen molar-refractivity contribution in [1.82, 2.24) is 14.4 Å². The van der Waals surface area contributed by atoms with Gasteiger partial charge in [0.15, 0.2) is 5.65 Å². The molecule has 0 aliphatic heterocycles. The molecule has 0 radical (unpaired) electrons. The summed E-state index contributed by atoms with van der Waals surface area (Å²) in [6.45, 7) is 4.22. The Kier molecular flexibility index (Phi) is 4.28. The maximum Gasteiger partial charge on any atom is 0.157 e. The van der Waals surface area contributed by atoms with Gasteiger partial charge in [0, 0.05) is 43.4 Å². The van der Waals surface area contributed by atoms with E-state index < -0.39 is 0 Å². The first kappa shape index (κ1) is 17.1. The molecule has 0 aliphatic carbocycles. The van der Waals surface area contributed by atoms with Gasteiger partial charge < -0.3 is 10.2 Å². The average molecular weight is 357 g/mol. The Bertz CT molecular complexity index is 1090. The van der Waals surface area contributed by atoms with Crippen LogP contribution in [0.2, 0.25) is 0 Å². The Balaban J connectivity index is 1.84. The molecule has 0 saturated carbocycles. The molecule has 5 heteroatoms. The van der Waals surface area contributed by atoms with Gasteiger partial charge in [-0.15, -0.1) is 0 Å². The molecule has 2 heterocycles. The van der Waals surface area contributed by atoms with Gasteiger partial charge in [-0.05, 0) is 37.6 Å². The Labute approximate surface area is 159 Å². The highest BCUT2D eigenvalue weighted by Crippen LogP contribution is 2.32. The predicted molar refractivity (Wildman–Crippen MR) is 112 cm³/mol. The maximum absolute atomic E-state index is 4.83. The summed E-state index contributed by atoms with van der Waals surface area (Å²) < 4.78 is 2.04. The molecule has 0 saturated heterocycles. The Morgan fingerprint density at radius 2 is 1.78 bits per heavy atom. The number of hydrogen-bond donors (Lipinski definition) is 1. The van der Waals surface area contributed by atoms with Crippen molar-refractivity contribution in [3.63, 3.8) is 0 Å². The molecule has 0 atom stereocenters. The lowest BCUT2D eigenvalue weighted by molar-refractivity contribution is 1.13. The molecule has 0 fully saturated rings. The maximum atomic E-state index is 4.83. The van der Waals surface area contributed by atoms with Crippen LogP contribution in [0.5, 0.6) is 0 Å². The zero-order valence-electron chi connectivity index (χ0n) is 16.1. The number of hydrogen-bond acceptors (Lipinski definition) is 4. The third-order valence-electron chi connectivity index (χ3n) is 4.72. The number of fused-ring (bicyclic) bond motifs is 1. The van der Waals surface area contributed by atoms with Gasteiger partial charge in [0.05, 0.1) is 6.20 Å². The summed E-state index contributed by atoms with van der Waals surface area (Å²) in [5, 5.41) is 3.59. The SMILES string of the molecule is Cc1ccc(Nc2c(-c3ccc(N(C)C)cc3)nc3cnccn23)c(C)c1. The van der Waals surface area contributed by atoms with E-state index in [1.54, 1.807) is 12.4 Å². The molecule has 4 aromatic rings. The number of aromatic nitrogens is 3. The van der Waals surface area contributed by atoms with Gasteiger partial charge in [0.25, 0.3) is 0 Å². The molecular formula is C22H23N5. The van der Waals surface area contributed by atoms with E-state index in [0.29, 0.717) is 0 Å². The second-order valence-electron chi connectivity index (χ2n) is 7.00. The summed E-state index contributed by atoms with van der Waals surface area (Å²) in [7, 11) is 4.08. The Morgan fingerprint density at radius 3 is 2.48 bits per heavy atom. The smallest absolute Gasteiger partial charge is 0.157 e. The largest absolute Gasteiger partial charge is 0.378 e. The quantitative estimate of drug-likeness (QED) is 0.569. The normalized spacial score (nSPS) is 11.0. The second kappa shape index (κ2) is 6.76. The molecule has 0 unspecified atom stereocenters. The van der Waals surface area contributed by atoms with Crippen molar-refractivity contribution < 1.29 is 0 Å². The monoisotopic (exact) mass is 357 g/mol. The van der Waals surface area contributed by atoms with E-state index in [4.69, 9.17) is 4.98 Å². The molecule has 0 aliphatic rings. The highest BCUT2D eigenvalue weighted by molar-refractivity contribution is 5.80. The lowest BCUT2D eigenvalue weighted by atomic mass is 10.1. The summed E-state index contributed by atoms with van der Waals surface area (Å²) in [6, 6.07) is 14.8. The van der Waals surface area contributed by atoms with Gasteiger partial charge in [-0.25, -0.2) is 4.98 Å². The van der Waals surface area contributed by atoms with Crippen molar-refractivity contribution in [2.24, 2.45) is 0 Å². The van der Waals surface area contributed by atoms with E-state index in [-0.39, 0.29) is 0 Å². The zero-order chi connectivity index (χ0) is 19.0. The molecule has 0 spiro atoms. The molecule has 5 nitrogen and oxygen atoms in total. The van der Waals surface area contributed by atoms with Crippen LogP contribution in [-0.2, 0) is 0 Å². The minimum atomic E-state index is 0.816. The van der Waals surface area contributed by atoms with Crippen LogP contribution in [0.3, 0.4) is 0 Å². The van der Waals surface area contributed by atoms with Crippen LogP contribution >= 0.6 is 0 Å². The van der Waals surface area contributed by atoms with E-state index in [9.17, 15) is 0 Å². The summed E-state index contributed by atoms with van der Waals surface area (Å²) in [6.07, 6.45) is 5.50. The van der Waals surface area contributed by atoms with E-state index >= 15 is 0 Å². The number of nitrogens with zero attached hydrogens (tertiary/aromatic N) is 4. The van der Waals surface area contributed by atoms with Gasteiger partial charge >= 0.3 is 0 Å². The molecule has 2 aromatic carbocycles.